The summed E-state index contributed by atoms with van der Waals surface area (Å²) in [5.74, 6) is -0.245. The zero-order valence-electron chi connectivity index (χ0n) is 19.1. The normalized spacial score (nSPS) is 14.6. The molecule has 0 radical (unpaired) electrons. The lowest BCUT2D eigenvalue weighted by Crippen LogP contribution is -2.35. The highest BCUT2D eigenvalue weighted by molar-refractivity contribution is 5.94. The molecular weight excluding hydrogens is 420 g/mol. The van der Waals surface area contributed by atoms with E-state index in [4.69, 9.17) is 9.57 Å². The third-order valence-electron chi connectivity index (χ3n) is 5.33. The molecule has 0 aliphatic carbocycles. The largest absolute Gasteiger partial charge is 0.444 e. The highest BCUT2D eigenvalue weighted by Crippen LogP contribution is 2.30. The van der Waals surface area contributed by atoms with Crippen LogP contribution in [0.25, 0.3) is 16.6 Å². The van der Waals surface area contributed by atoms with Crippen LogP contribution in [0.4, 0.5) is 10.5 Å². The summed E-state index contributed by atoms with van der Waals surface area (Å²) < 4.78 is 5.30. The van der Waals surface area contributed by atoms with Crippen molar-refractivity contribution in [2.24, 2.45) is 5.41 Å². The number of aromatic amines is 1. The van der Waals surface area contributed by atoms with Crippen molar-refractivity contribution < 1.29 is 19.2 Å². The third-order valence-corrected chi connectivity index (χ3v) is 5.33. The number of anilines is 1. The van der Waals surface area contributed by atoms with E-state index in [2.05, 4.69) is 21.4 Å². The Bertz CT molecular complexity index is 1180. The van der Waals surface area contributed by atoms with Gasteiger partial charge in [-0.3, -0.25) is 5.32 Å². The number of hydrogen-bond donors (Lipinski definition) is 2. The summed E-state index contributed by atoms with van der Waals surface area (Å²) >= 11 is 0. The molecule has 3 aromatic rings. The molecule has 0 atom stereocenters. The van der Waals surface area contributed by atoms with Gasteiger partial charge >= 0.3 is 12.1 Å². The topological polar surface area (TPSA) is 96.5 Å². The quantitative estimate of drug-likeness (QED) is 0.576. The molecule has 8 nitrogen and oxygen atoms in total. The lowest BCUT2D eigenvalue weighted by Gasteiger charge is -2.27. The van der Waals surface area contributed by atoms with E-state index in [9.17, 15) is 9.59 Å². The third kappa shape index (κ3) is 5.59. The van der Waals surface area contributed by atoms with Crippen molar-refractivity contribution in [1.29, 1.82) is 0 Å². The minimum absolute atomic E-state index is 0.195. The van der Waals surface area contributed by atoms with Crippen LogP contribution in [0.3, 0.4) is 0 Å². The van der Waals surface area contributed by atoms with E-state index >= 15 is 0 Å². The molecule has 0 bridgehead atoms. The maximum Gasteiger partial charge on any atom is 0.412 e. The summed E-state index contributed by atoms with van der Waals surface area (Å²) in [6.07, 6.45) is 5.75. The number of amides is 1. The van der Waals surface area contributed by atoms with E-state index < -0.39 is 11.5 Å². The molecule has 0 saturated heterocycles. The van der Waals surface area contributed by atoms with Gasteiger partial charge < -0.3 is 14.6 Å². The molecule has 0 unspecified atom stereocenters. The van der Waals surface area contributed by atoms with Gasteiger partial charge in [0, 0.05) is 23.7 Å². The molecule has 8 heteroatoms. The van der Waals surface area contributed by atoms with Crippen molar-refractivity contribution in [2.45, 2.75) is 33.8 Å². The van der Waals surface area contributed by atoms with Gasteiger partial charge in [-0.05, 0) is 44.4 Å². The van der Waals surface area contributed by atoms with Crippen LogP contribution in [-0.2, 0) is 21.0 Å². The monoisotopic (exact) mass is 448 g/mol. The van der Waals surface area contributed by atoms with Crippen molar-refractivity contribution in [3.8, 4) is 0 Å². The molecule has 33 heavy (non-hydrogen) atoms. The average molecular weight is 449 g/mol. The van der Waals surface area contributed by atoms with Gasteiger partial charge in [-0.1, -0.05) is 36.4 Å². The highest BCUT2D eigenvalue weighted by atomic mass is 16.7. The Balaban J connectivity index is 1.42. The number of carbonyl (C=O) groups excluding carboxylic acids is 2. The number of H-pyrrole nitrogens is 1. The van der Waals surface area contributed by atoms with Crippen molar-refractivity contribution in [3.63, 3.8) is 0 Å². The van der Waals surface area contributed by atoms with Crippen LogP contribution in [-0.4, -0.2) is 40.2 Å². The Labute approximate surface area is 192 Å². The molecule has 172 valence electrons. The molecule has 3 heterocycles. The number of benzene rings is 1. The molecule has 2 N–H and O–H groups in total. The summed E-state index contributed by atoms with van der Waals surface area (Å²) in [4.78, 5) is 37.4. The number of pyridine rings is 1. The first kappa shape index (κ1) is 22.5. The van der Waals surface area contributed by atoms with E-state index in [1.54, 1.807) is 11.3 Å². The van der Waals surface area contributed by atoms with Crippen LogP contribution in [0, 0.1) is 5.41 Å². The summed E-state index contributed by atoms with van der Waals surface area (Å²) in [6, 6.07) is 11.4. The molecule has 2 aromatic heterocycles. The Morgan fingerprint density at radius 3 is 2.70 bits per heavy atom. The van der Waals surface area contributed by atoms with Crippen molar-refractivity contribution in [1.82, 2.24) is 15.0 Å². The van der Waals surface area contributed by atoms with E-state index in [0.29, 0.717) is 18.8 Å². The van der Waals surface area contributed by atoms with Crippen LogP contribution >= 0.6 is 0 Å². The summed E-state index contributed by atoms with van der Waals surface area (Å²) in [6.45, 7) is 6.83. The number of nitrogens with one attached hydrogen (secondary N) is 2. The van der Waals surface area contributed by atoms with E-state index in [1.807, 2.05) is 63.4 Å². The smallest absolute Gasteiger partial charge is 0.412 e. The fraction of sp³-hybridized carbons (Fsp3) is 0.320. The first-order chi connectivity index (χ1) is 15.8. The van der Waals surface area contributed by atoms with Crippen LogP contribution < -0.4 is 5.32 Å². The molecule has 0 fully saturated rings. The van der Waals surface area contributed by atoms with Crippen LogP contribution in [0.1, 0.15) is 38.3 Å². The molecule has 1 aromatic carbocycles. The van der Waals surface area contributed by atoms with Gasteiger partial charge in [-0.2, -0.15) is 0 Å². The minimum Gasteiger partial charge on any atom is -0.444 e. The maximum absolute atomic E-state index is 12.2. The van der Waals surface area contributed by atoms with Gasteiger partial charge in [-0.15, -0.1) is 5.06 Å². The predicted octanol–water partition coefficient (Wildman–Crippen LogP) is 4.91. The molecule has 1 aliphatic rings. The predicted molar refractivity (Wildman–Crippen MR) is 126 cm³/mol. The summed E-state index contributed by atoms with van der Waals surface area (Å²) in [5, 5.41) is 5.33. The Morgan fingerprint density at radius 2 is 2.00 bits per heavy atom. The zero-order valence-corrected chi connectivity index (χ0v) is 19.1. The van der Waals surface area contributed by atoms with Gasteiger partial charge in [0.1, 0.15) is 12.3 Å². The number of hydrogen-bond acceptors (Lipinski definition) is 6. The second-order valence-electron chi connectivity index (χ2n) is 9.01. The molecule has 1 amide bonds. The molecule has 1 aliphatic heterocycles. The van der Waals surface area contributed by atoms with E-state index in [0.717, 1.165) is 34.2 Å². The first-order valence-corrected chi connectivity index (χ1v) is 10.9. The zero-order chi connectivity index (χ0) is 23.4. The number of ether oxygens (including phenoxy) is 1. The SMILES string of the molecule is CC(C)(C)C(=O)ON1CC=C(c2c[nH]c3ncc(NC(=O)OCc4ccccc4)cc23)CC1. The van der Waals surface area contributed by atoms with Gasteiger partial charge in [0.15, 0.2) is 0 Å². The van der Waals surface area contributed by atoms with Crippen LogP contribution in [0.5, 0.6) is 0 Å². The lowest BCUT2D eigenvalue weighted by molar-refractivity contribution is -0.198. The molecule has 0 saturated carbocycles. The number of rotatable bonds is 5. The van der Waals surface area contributed by atoms with Crippen LogP contribution in [0.15, 0.2) is 54.9 Å². The fourth-order valence-electron chi connectivity index (χ4n) is 3.45. The number of fused-ring (bicyclic) bond motifs is 1. The summed E-state index contributed by atoms with van der Waals surface area (Å²) in [5.41, 5.74) is 3.81. The Hall–Kier alpha value is -3.65. The standard InChI is InChI=1S/C25H28N4O4/c1-25(2,3)23(30)33-29-11-9-18(10-12-29)21-15-27-22-20(21)13-19(14-26-22)28-24(31)32-16-17-7-5-4-6-8-17/h4-9,13-15H,10-12,16H2,1-3H3,(H,26,27)(H,28,31). The summed E-state index contributed by atoms with van der Waals surface area (Å²) in [7, 11) is 0. The number of hydroxylamine groups is 2. The molecule has 4 rings (SSSR count). The van der Waals surface area contributed by atoms with Crippen molar-refractivity contribution >= 4 is 34.4 Å². The number of carbonyl (C=O) groups is 2. The second-order valence-corrected chi connectivity index (χ2v) is 9.01. The van der Waals surface area contributed by atoms with Crippen LogP contribution in [0.2, 0.25) is 0 Å². The molecular formula is C25H28N4O4. The maximum atomic E-state index is 12.2. The van der Waals surface area contributed by atoms with E-state index in [-0.39, 0.29) is 12.6 Å². The van der Waals surface area contributed by atoms with E-state index in [1.165, 1.54) is 0 Å². The first-order valence-electron chi connectivity index (χ1n) is 10.9. The van der Waals surface area contributed by atoms with Crippen molar-refractivity contribution in [3.05, 3.63) is 66.0 Å². The minimum atomic E-state index is -0.544. The Kier molecular flexibility index (Phi) is 6.46. The Morgan fingerprint density at radius 1 is 1.21 bits per heavy atom. The van der Waals surface area contributed by atoms with Gasteiger partial charge in [-0.25, -0.2) is 14.6 Å². The fourth-order valence-corrected chi connectivity index (χ4v) is 3.45. The highest BCUT2D eigenvalue weighted by Gasteiger charge is 2.27. The number of aromatic nitrogens is 2. The van der Waals surface area contributed by atoms with Gasteiger partial charge in [0.05, 0.1) is 23.8 Å². The number of nitrogens with zero attached hydrogens (tertiary/aromatic N) is 2. The lowest BCUT2D eigenvalue weighted by atomic mass is 9.97. The second kappa shape index (κ2) is 9.46. The average Bonchev–Trinajstić information content (AvgIpc) is 3.21. The van der Waals surface area contributed by atoms with Crippen molar-refractivity contribution in [2.75, 3.05) is 18.4 Å². The van der Waals surface area contributed by atoms with Gasteiger partial charge in [0.2, 0.25) is 0 Å². The van der Waals surface area contributed by atoms with Gasteiger partial charge in [0.25, 0.3) is 0 Å². The molecule has 0 spiro atoms.